The van der Waals surface area contributed by atoms with E-state index >= 15 is 0 Å². The van der Waals surface area contributed by atoms with Crippen LogP contribution < -0.4 is 4.74 Å². The zero-order valence-corrected chi connectivity index (χ0v) is 15.6. The van der Waals surface area contributed by atoms with Crippen LogP contribution in [-0.4, -0.2) is 22.8 Å². The van der Waals surface area contributed by atoms with Gasteiger partial charge in [-0.25, -0.2) is 4.79 Å². The minimum Gasteiger partial charge on any atom is -0.461 e. The highest BCUT2D eigenvalue weighted by Gasteiger charge is 2.31. The molecule has 0 aromatic heterocycles. The number of alkyl halides is 4. The quantitative estimate of drug-likeness (QED) is 0.238. The predicted molar refractivity (Wildman–Crippen MR) is 93.7 cm³/mol. The lowest BCUT2D eigenvalue weighted by atomic mass is 10.1. The number of rotatable bonds is 6. The molecule has 0 bridgehead atoms. The highest BCUT2D eigenvalue weighted by atomic mass is 79.9. The number of ether oxygens (including phenoxy) is 2. The molecule has 2 aromatic rings. The largest absolute Gasteiger partial charge is 0.461 e. The van der Waals surface area contributed by atoms with Crippen molar-refractivity contribution in [1.29, 1.82) is 0 Å². The molecule has 0 heterocycles. The van der Waals surface area contributed by atoms with Crippen molar-refractivity contribution in [3.63, 3.8) is 0 Å². The van der Waals surface area contributed by atoms with Crippen LogP contribution in [0.5, 0.6) is 11.5 Å². The zero-order chi connectivity index (χ0) is 20.2. The molecule has 144 valence electrons. The number of carbonyl (C=O) groups excluding carboxylic acids is 1. The summed E-state index contributed by atoms with van der Waals surface area (Å²) in [5.41, 5.74) is -1.82. The van der Waals surface area contributed by atoms with Gasteiger partial charge in [0.1, 0.15) is 23.7 Å². The van der Waals surface area contributed by atoms with Gasteiger partial charge in [0.25, 0.3) is 5.69 Å². The predicted octanol–water partition coefficient (Wildman–Crippen LogP) is 5.61. The van der Waals surface area contributed by atoms with Gasteiger partial charge in [0.05, 0.1) is 15.5 Å². The van der Waals surface area contributed by atoms with Crippen molar-refractivity contribution >= 4 is 39.2 Å². The first kappa shape index (κ1) is 21.0. The zero-order valence-electron chi connectivity index (χ0n) is 13.3. The van der Waals surface area contributed by atoms with E-state index in [1.807, 2.05) is 0 Å². The molecule has 0 aliphatic carbocycles. The van der Waals surface area contributed by atoms with Gasteiger partial charge in [-0.1, -0.05) is 27.5 Å². The summed E-state index contributed by atoms with van der Waals surface area (Å²) in [6.07, 6.45) is -4.57. The third-order valence-corrected chi connectivity index (χ3v) is 3.80. The Labute approximate surface area is 164 Å². The van der Waals surface area contributed by atoms with E-state index in [-0.39, 0.29) is 28.7 Å². The number of benzene rings is 2. The van der Waals surface area contributed by atoms with Crippen LogP contribution in [0.1, 0.15) is 15.9 Å². The molecule has 0 aliphatic heterocycles. The molecule has 6 nitrogen and oxygen atoms in total. The van der Waals surface area contributed by atoms with E-state index in [1.54, 1.807) is 0 Å². The number of esters is 1. The minimum atomic E-state index is -4.57. The summed E-state index contributed by atoms with van der Waals surface area (Å²) in [4.78, 5) is 22.3. The summed E-state index contributed by atoms with van der Waals surface area (Å²) in [6.45, 7) is -0.00813. The Morgan fingerprint density at radius 1 is 1.22 bits per heavy atom. The summed E-state index contributed by atoms with van der Waals surface area (Å²) < 4.78 is 48.2. The molecule has 0 atom stereocenters. The molecule has 27 heavy (non-hydrogen) atoms. The smallest absolute Gasteiger partial charge is 0.416 e. The molecule has 0 unspecified atom stereocenters. The van der Waals surface area contributed by atoms with Gasteiger partial charge in [0.15, 0.2) is 0 Å². The Hall–Kier alpha value is -2.33. The van der Waals surface area contributed by atoms with Crippen molar-refractivity contribution in [2.45, 2.75) is 6.18 Å². The van der Waals surface area contributed by atoms with Crippen molar-refractivity contribution < 1.29 is 32.4 Å². The van der Waals surface area contributed by atoms with Crippen LogP contribution in [0.25, 0.3) is 0 Å². The average Bonchev–Trinajstić information content (AvgIpc) is 2.60. The fourth-order valence-electron chi connectivity index (χ4n) is 2.00. The van der Waals surface area contributed by atoms with Gasteiger partial charge < -0.3 is 9.47 Å². The highest BCUT2D eigenvalue weighted by Crippen LogP contribution is 2.37. The van der Waals surface area contributed by atoms with Gasteiger partial charge in [-0.3, -0.25) is 10.1 Å². The van der Waals surface area contributed by atoms with Crippen LogP contribution in [0.15, 0.2) is 36.4 Å². The van der Waals surface area contributed by atoms with E-state index in [0.717, 1.165) is 24.3 Å². The Bertz CT molecular complexity index is 876. The Kier molecular flexibility index (Phi) is 6.66. The average molecular weight is 469 g/mol. The van der Waals surface area contributed by atoms with Crippen molar-refractivity contribution in [2.24, 2.45) is 0 Å². The Morgan fingerprint density at radius 2 is 1.93 bits per heavy atom. The maximum atomic E-state index is 12.7. The standard InChI is InChI=1S/C16H10BrClF3NO5/c17-5-6-26-15(23)11-8-10(2-3-13(11)22(24)25)27-14-4-1-9(7-12(14)18)16(19,20)21/h1-4,7-8H,5-6H2. The molecule has 11 heteroatoms. The highest BCUT2D eigenvalue weighted by molar-refractivity contribution is 9.09. The topological polar surface area (TPSA) is 78.7 Å². The Balaban J connectivity index is 2.34. The van der Waals surface area contributed by atoms with E-state index < -0.39 is 28.3 Å². The summed E-state index contributed by atoms with van der Waals surface area (Å²) in [5.74, 6) is -1.09. The molecular weight excluding hydrogens is 459 g/mol. The fraction of sp³-hybridized carbons (Fsp3) is 0.188. The van der Waals surface area contributed by atoms with Crippen molar-refractivity contribution in [2.75, 3.05) is 11.9 Å². The molecule has 0 amide bonds. The van der Waals surface area contributed by atoms with Crippen LogP contribution >= 0.6 is 27.5 Å². The van der Waals surface area contributed by atoms with E-state index in [9.17, 15) is 28.1 Å². The SMILES string of the molecule is O=C(OCCBr)c1cc(Oc2ccc(C(F)(F)F)cc2Cl)ccc1[N+](=O)[O-]. The van der Waals surface area contributed by atoms with Crippen LogP contribution in [0.2, 0.25) is 5.02 Å². The van der Waals surface area contributed by atoms with Crippen molar-refractivity contribution in [3.05, 3.63) is 62.7 Å². The van der Waals surface area contributed by atoms with E-state index in [2.05, 4.69) is 15.9 Å². The Morgan fingerprint density at radius 3 is 2.48 bits per heavy atom. The molecule has 2 aromatic carbocycles. The number of halogens is 5. The fourth-order valence-corrected chi connectivity index (χ4v) is 2.38. The van der Waals surface area contributed by atoms with E-state index in [4.69, 9.17) is 21.1 Å². The van der Waals surface area contributed by atoms with Gasteiger partial charge in [-0.2, -0.15) is 13.2 Å². The lowest BCUT2D eigenvalue weighted by Gasteiger charge is -2.12. The molecule has 0 saturated carbocycles. The lowest BCUT2D eigenvalue weighted by Crippen LogP contribution is -2.10. The van der Waals surface area contributed by atoms with Gasteiger partial charge in [-0.15, -0.1) is 0 Å². The molecule has 0 N–H and O–H groups in total. The van der Waals surface area contributed by atoms with Crippen molar-refractivity contribution in [1.82, 2.24) is 0 Å². The number of carbonyl (C=O) groups is 1. The molecule has 0 fully saturated rings. The van der Waals surface area contributed by atoms with Gasteiger partial charge >= 0.3 is 12.1 Å². The monoisotopic (exact) mass is 467 g/mol. The first-order chi connectivity index (χ1) is 12.6. The van der Waals surface area contributed by atoms with E-state index in [1.165, 1.54) is 6.07 Å². The summed E-state index contributed by atoms with van der Waals surface area (Å²) in [7, 11) is 0. The number of hydrogen-bond donors (Lipinski definition) is 0. The molecule has 0 saturated heterocycles. The van der Waals surface area contributed by atoms with Crippen LogP contribution in [0.3, 0.4) is 0 Å². The maximum Gasteiger partial charge on any atom is 0.416 e. The second-order valence-electron chi connectivity index (χ2n) is 5.01. The second-order valence-corrected chi connectivity index (χ2v) is 6.21. The third-order valence-electron chi connectivity index (χ3n) is 3.18. The van der Waals surface area contributed by atoms with Crippen LogP contribution in [0, 0.1) is 10.1 Å². The lowest BCUT2D eigenvalue weighted by molar-refractivity contribution is -0.385. The first-order valence-corrected chi connectivity index (χ1v) is 8.69. The normalized spacial score (nSPS) is 11.1. The molecule has 0 radical (unpaired) electrons. The van der Waals surface area contributed by atoms with Crippen LogP contribution in [-0.2, 0) is 10.9 Å². The molecule has 2 rings (SSSR count). The minimum absolute atomic E-state index is 0.00813. The number of nitrogens with zero attached hydrogens (tertiary/aromatic N) is 1. The maximum absolute atomic E-state index is 12.7. The van der Waals surface area contributed by atoms with Crippen molar-refractivity contribution in [3.8, 4) is 11.5 Å². The molecule has 0 aliphatic rings. The first-order valence-electron chi connectivity index (χ1n) is 7.19. The summed E-state index contributed by atoms with van der Waals surface area (Å²) >= 11 is 8.86. The van der Waals surface area contributed by atoms with Gasteiger partial charge in [-0.05, 0) is 24.3 Å². The molecule has 0 spiro atoms. The third kappa shape index (κ3) is 5.33. The van der Waals surface area contributed by atoms with Crippen LogP contribution in [0.4, 0.5) is 18.9 Å². The summed E-state index contributed by atoms with van der Waals surface area (Å²) in [5, 5.41) is 11.1. The van der Waals surface area contributed by atoms with Gasteiger partial charge in [0, 0.05) is 17.5 Å². The van der Waals surface area contributed by atoms with E-state index in [0.29, 0.717) is 11.4 Å². The van der Waals surface area contributed by atoms with Gasteiger partial charge in [0.2, 0.25) is 0 Å². The molecular formula is C16H10BrClF3NO5. The summed E-state index contributed by atoms with van der Waals surface area (Å²) in [6, 6.07) is 5.74. The number of nitro groups is 1. The number of nitro benzene ring substituents is 1. The second kappa shape index (κ2) is 8.57. The number of hydrogen-bond acceptors (Lipinski definition) is 5.